The van der Waals surface area contributed by atoms with Crippen LogP contribution in [0.25, 0.3) is 0 Å². The maximum Gasteiger partial charge on any atom is 0.0644 e. The van der Waals surface area contributed by atoms with Gasteiger partial charge in [-0.1, -0.05) is 0 Å². The lowest BCUT2D eigenvalue weighted by atomic mass is 10.0. The van der Waals surface area contributed by atoms with E-state index < -0.39 is 0 Å². The zero-order valence-corrected chi connectivity index (χ0v) is 9.12. The summed E-state index contributed by atoms with van der Waals surface area (Å²) in [6.45, 7) is 7.03. The Balaban J connectivity index is 3.01. The van der Waals surface area contributed by atoms with Crippen molar-refractivity contribution in [2.45, 2.75) is 39.8 Å². The third-order valence-electron chi connectivity index (χ3n) is 2.55. The topological polar surface area (TPSA) is 64.1 Å². The molecule has 0 radical (unpaired) electrons. The molecule has 4 nitrogen and oxygen atoms in total. The molecule has 0 aliphatic heterocycles. The molecule has 1 aromatic rings. The van der Waals surface area contributed by atoms with Crippen LogP contribution in [-0.2, 0) is 6.54 Å². The van der Waals surface area contributed by atoms with E-state index >= 15 is 0 Å². The Morgan fingerprint density at radius 2 is 2.14 bits per heavy atom. The van der Waals surface area contributed by atoms with Gasteiger partial charge in [0.2, 0.25) is 0 Å². The molecule has 1 heterocycles. The Bertz CT molecular complexity index is 307. The zero-order chi connectivity index (χ0) is 10.7. The summed E-state index contributed by atoms with van der Waals surface area (Å²) >= 11 is 0. The van der Waals surface area contributed by atoms with Gasteiger partial charge in [0.25, 0.3) is 0 Å². The summed E-state index contributed by atoms with van der Waals surface area (Å²) < 4.78 is 1.95. The molecule has 14 heavy (non-hydrogen) atoms. The number of aliphatic hydroxyl groups is 1. The second-order valence-corrected chi connectivity index (χ2v) is 3.52. The molecule has 0 amide bonds. The van der Waals surface area contributed by atoms with Crippen molar-refractivity contribution in [1.29, 1.82) is 0 Å². The number of aliphatic hydroxyl groups excluding tert-OH is 1. The number of aromatic nitrogens is 2. The summed E-state index contributed by atoms with van der Waals surface area (Å²) in [5, 5.41) is 13.2. The molecule has 0 spiro atoms. The Hall–Kier alpha value is -0.870. The van der Waals surface area contributed by atoms with Crippen LogP contribution in [-0.4, -0.2) is 21.5 Å². The summed E-state index contributed by atoms with van der Waals surface area (Å²) in [4.78, 5) is 0. The summed E-state index contributed by atoms with van der Waals surface area (Å²) in [5.41, 5.74) is 9.14. The number of nitrogens with zero attached hydrogens (tertiary/aromatic N) is 2. The third-order valence-corrected chi connectivity index (χ3v) is 2.55. The Labute approximate surface area is 84.7 Å². The number of nitrogens with two attached hydrogens (primary N) is 1. The maximum absolute atomic E-state index is 8.84. The van der Waals surface area contributed by atoms with Crippen molar-refractivity contribution in [2.24, 2.45) is 5.73 Å². The van der Waals surface area contributed by atoms with Gasteiger partial charge in [-0.15, -0.1) is 0 Å². The SMILES string of the molecule is CCn1nc(C)c([C@@H](N)CCO)c1C. The number of rotatable bonds is 4. The van der Waals surface area contributed by atoms with Crippen molar-refractivity contribution in [3.8, 4) is 0 Å². The smallest absolute Gasteiger partial charge is 0.0644 e. The van der Waals surface area contributed by atoms with Crippen molar-refractivity contribution >= 4 is 0 Å². The third kappa shape index (κ3) is 1.96. The predicted octanol–water partition coefficient (Wildman–Crippen LogP) is 0.902. The van der Waals surface area contributed by atoms with Gasteiger partial charge >= 0.3 is 0 Å². The molecule has 1 aromatic heterocycles. The van der Waals surface area contributed by atoms with E-state index in [1.54, 1.807) is 0 Å². The van der Waals surface area contributed by atoms with Gasteiger partial charge in [0.05, 0.1) is 5.69 Å². The molecule has 80 valence electrons. The van der Waals surface area contributed by atoms with E-state index in [9.17, 15) is 0 Å². The quantitative estimate of drug-likeness (QED) is 0.753. The zero-order valence-electron chi connectivity index (χ0n) is 9.12. The first-order chi connectivity index (χ1) is 6.61. The highest BCUT2D eigenvalue weighted by atomic mass is 16.3. The molecular weight excluding hydrogens is 178 g/mol. The lowest BCUT2D eigenvalue weighted by Crippen LogP contribution is -2.14. The van der Waals surface area contributed by atoms with Crippen LogP contribution >= 0.6 is 0 Å². The monoisotopic (exact) mass is 197 g/mol. The van der Waals surface area contributed by atoms with E-state index in [2.05, 4.69) is 12.0 Å². The fraction of sp³-hybridized carbons (Fsp3) is 0.700. The van der Waals surface area contributed by atoms with Gasteiger partial charge in [0, 0.05) is 30.5 Å². The van der Waals surface area contributed by atoms with Gasteiger partial charge in [-0.3, -0.25) is 4.68 Å². The van der Waals surface area contributed by atoms with Crippen LogP contribution in [0.5, 0.6) is 0 Å². The van der Waals surface area contributed by atoms with Crippen molar-refractivity contribution in [3.05, 3.63) is 17.0 Å². The first-order valence-corrected chi connectivity index (χ1v) is 5.02. The molecular formula is C10H19N3O. The Morgan fingerprint density at radius 1 is 1.50 bits per heavy atom. The first kappa shape index (κ1) is 11.2. The molecule has 0 fully saturated rings. The van der Waals surface area contributed by atoms with Crippen molar-refractivity contribution in [1.82, 2.24) is 9.78 Å². The maximum atomic E-state index is 8.84. The minimum atomic E-state index is -0.0969. The van der Waals surface area contributed by atoms with Gasteiger partial charge in [-0.25, -0.2) is 0 Å². The fourth-order valence-corrected chi connectivity index (χ4v) is 1.84. The van der Waals surface area contributed by atoms with Crippen LogP contribution < -0.4 is 5.73 Å². The molecule has 4 heteroatoms. The van der Waals surface area contributed by atoms with E-state index in [1.807, 2.05) is 18.5 Å². The number of hydrogen-bond donors (Lipinski definition) is 2. The minimum absolute atomic E-state index is 0.0969. The summed E-state index contributed by atoms with van der Waals surface area (Å²) in [5.74, 6) is 0. The Kier molecular flexibility index (Phi) is 3.66. The normalized spacial score (nSPS) is 13.2. The molecule has 3 N–H and O–H groups in total. The summed E-state index contributed by atoms with van der Waals surface area (Å²) in [6.07, 6.45) is 0.594. The van der Waals surface area contributed by atoms with Crippen LogP contribution in [0.4, 0.5) is 0 Å². The molecule has 1 rings (SSSR count). The largest absolute Gasteiger partial charge is 0.396 e. The van der Waals surface area contributed by atoms with Gasteiger partial charge in [-0.05, 0) is 27.2 Å². The molecule has 0 saturated carbocycles. The van der Waals surface area contributed by atoms with Gasteiger partial charge in [0.15, 0.2) is 0 Å². The second-order valence-electron chi connectivity index (χ2n) is 3.52. The highest BCUT2D eigenvalue weighted by Crippen LogP contribution is 2.21. The highest BCUT2D eigenvalue weighted by Gasteiger charge is 2.16. The van der Waals surface area contributed by atoms with Crippen LogP contribution in [0, 0.1) is 13.8 Å². The molecule has 0 aliphatic rings. The van der Waals surface area contributed by atoms with E-state index in [1.165, 1.54) is 0 Å². The van der Waals surface area contributed by atoms with Gasteiger partial charge < -0.3 is 10.8 Å². The van der Waals surface area contributed by atoms with Gasteiger partial charge in [-0.2, -0.15) is 5.10 Å². The fourth-order valence-electron chi connectivity index (χ4n) is 1.84. The van der Waals surface area contributed by atoms with Crippen LogP contribution in [0.1, 0.15) is 36.3 Å². The van der Waals surface area contributed by atoms with Crippen LogP contribution in [0.2, 0.25) is 0 Å². The highest BCUT2D eigenvalue weighted by molar-refractivity contribution is 5.27. The molecule has 1 atom stereocenters. The van der Waals surface area contributed by atoms with Crippen LogP contribution in [0.15, 0.2) is 0 Å². The molecule has 0 aromatic carbocycles. The average Bonchev–Trinajstić information content (AvgIpc) is 2.41. The van der Waals surface area contributed by atoms with Crippen molar-refractivity contribution in [2.75, 3.05) is 6.61 Å². The van der Waals surface area contributed by atoms with E-state index in [0.717, 1.165) is 23.5 Å². The summed E-state index contributed by atoms with van der Waals surface area (Å²) in [6, 6.07) is -0.0969. The minimum Gasteiger partial charge on any atom is -0.396 e. The van der Waals surface area contributed by atoms with E-state index in [0.29, 0.717) is 6.42 Å². The first-order valence-electron chi connectivity index (χ1n) is 5.02. The van der Waals surface area contributed by atoms with E-state index in [4.69, 9.17) is 10.8 Å². The molecule has 0 unspecified atom stereocenters. The average molecular weight is 197 g/mol. The second kappa shape index (κ2) is 4.57. The number of aryl methyl sites for hydroxylation is 2. The van der Waals surface area contributed by atoms with Gasteiger partial charge in [0.1, 0.15) is 0 Å². The van der Waals surface area contributed by atoms with E-state index in [-0.39, 0.29) is 12.6 Å². The lowest BCUT2D eigenvalue weighted by molar-refractivity contribution is 0.276. The van der Waals surface area contributed by atoms with Crippen LogP contribution in [0.3, 0.4) is 0 Å². The molecule has 0 saturated heterocycles. The van der Waals surface area contributed by atoms with Crippen molar-refractivity contribution in [3.63, 3.8) is 0 Å². The standard InChI is InChI=1S/C10H19N3O/c1-4-13-8(3)10(7(2)12-13)9(11)5-6-14/h9,14H,4-6,11H2,1-3H3/t9-/m0/s1. The summed E-state index contributed by atoms with van der Waals surface area (Å²) in [7, 11) is 0. The Morgan fingerprint density at radius 3 is 2.57 bits per heavy atom. The molecule has 0 aliphatic carbocycles. The van der Waals surface area contributed by atoms with Crippen molar-refractivity contribution < 1.29 is 5.11 Å². The lowest BCUT2D eigenvalue weighted by Gasteiger charge is -2.10. The predicted molar refractivity (Wildman–Crippen MR) is 56.0 cm³/mol. The number of hydrogen-bond acceptors (Lipinski definition) is 3. The molecule has 0 bridgehead atoms.